The molecule has 0 spiro atoms. The van der Waals surface area contributed by atoms with E-state index < -0.39 is 0 Å². The zero-order valence-electron chi connectivity index (χ0n) is 18.7. The van der Waals surface area contributed by atoms with E-state index in [9.17, 15) is 9.59 Å². The summed E-state index contributed by atoms with van der Waals surface area (Å²) in [5.41, 5.74) is 7.78. The molecule has 1 aromatic heterocycles. The normalized spacial score (nSPS) is 17.0. The number of nitrogens with one attached hydrogen (secondary N) is 1. The zero-order chi connectivity index (χ0) is 23.2. The number of ketones is 1. The molecule has 0 unspecified atom stereocenters. The van der Waals surface area contributed by atoms with Crippen LogP contribution in [0.25, 0.3) is 11.1 Å². The van der Waals surface area contributed by atoms with Crippen molar-refractivity contribution in [2.45, 2.75) is 44.9 Å². The molecule has 0 atom stereocenters. The molecular weight excluding hydrogens is 446 g/mol. The number of pyridine rings is 1. The number of aliphatic imine (C=N–C) groups is 1. The molecule has 0 radical (unpaired) electrons. The molecule has 0 saturated heterocycles. The summed E-state index contributed by atoms with van der Waals surface area (Å²) in [6, 6.07) is 13.9. The first-order valence-electron chi connectivity index (χ1n) is 11.8. The highest BCUT2D eigenvalue weighted by atomic mass is 35.5. The van der Waals surface area contributed by atoms with E-state index in [4.69, 9.17) is 16.6 Å². The maximum Gasteiger partial charge on any atom is 0.227 e. The van der Waals surface area contributed by atoms with E-state index in [2.05, 4.69) is 34.6 Å². The number of Topliss-reactive ketones (excluding diaryl/α,β-unsaturated/α-hetero) is 1. The Morgan fingerprint density at radius 1 is 0.912 bits per heavy atom. The molecule has 3 aromatic rings. The van der Waals surface area contributed by atoms with E-state index >= 15 is 0 Å². The number of hydrogen-bond donors (Lipinski definition) is 1. The van der Waals surface area contributed by atoms with Crippen molar-refractivity contribution in [3.8, 4) is 11.1 Å². The van der Waals surface area contributed by atoms with Crippen LogP contribution in [0.5, 0.6) is 0 Å². The molecule has 2 aromatic carbocycles. The van der Waals surface area contributed by atoms with Crippen LogP contribution in [-0.4, -0.2) is 22.4 Å². The summed E-state index contributed by atoms with van der Waals surface area (Å²) in [4.78, 5) is 33.7. The van der Waals surface area contributed by atoms with Gasteiger partial charge in [0.25, 0.3) is 0 Å². The fourth-order valence-corrected chi connectivity index (χ4v) is 5.51. The number of halogens is 1. The van der Waals surface area contributed by atoms with Gasteiger partial charge in [-0.25, -0.2) is 9.98 Å². The number of nitrogens with zero attached hydrogens (tertiary/aromatic N) is 2. The molecule has 2 heterocycles. The number of anilines is 1. The predicted octanol–water partition coefficient (Wildman–Crippen LogP) is 5.88. The summed E-state index contributed by atoms with van der Waals surface area (Å²) in [6.07, 6.45) is 7.68. The minimum Gasteiger partial charge on any atom is -0.326 e. The standard InChI is InChI=1S/C28H24ClN3O2/c29-25-8-7-22(31-28(34)16-3-1-2-4-16)14-24(25)26-13-20-10-21(15-30-27(20)32-26)17-5-6-18-11-23(33)12-19(18)9-17/h5-10,14-16H,1-4,11-13H2,(H,31,34). The number of amides is 1. The Morgan fingerprint density at radius 3 is 2.56 bits per heavy atom. The number of carbonyl (C=O) groups excluding carboxylic acids is 2. The Labute approximate surface area is 203 Å². The Morgan fingerprint density at radius 2 is 1.71 bits per heavy atom. The molecule has 1 amide bonds. The van der Waals surface area contributed by atoms with Gasteiger partial charge in [-0.2, -0.15) is 0 Å². The van der Waals surface area contributed by atoms with Crippen molar-refractivity contribution >= 4 is 40.5 Å². The van der Waals surface area contributed by atoms with Crippen LogP contribution < -0.4 is 5.32 Å². The average Bonchev–Trinajstić information content (AvgIpc) is 3.58. The highest BCUT2D eigenvalue weighted by Gasteiger charge is 2.24. The number of hydrogen-bond acceptors (Lipinski definition) is 4. The highest BCUT2D eigenvalue weighted by molar-refractivity contribution is 6.34. The van der Waals surface area contributed by atoms with Gasteiger partial charge in [-0.3, -0.25) is 9.59 Å². The van der Waals surface area contributed by atoms with Gasteiger partial charge in [0.05, 0.1) is 5.71 Å². The third-order valence-corrected chi connectivity index (χ3v) is 7.46. The summed E-state index contributed by atoms with van der Waals surface area (Å²) >= 11 is 6.53. The summed E-state index contributed by atoms with van der Waals surface area (Å²) in [5.74, 6) is 1.17. The second-order valence-electron chi connectivity index (χ2n) is 9.48. The quantitative estimate of drug-likeness (QED) is 0.519. The van der Waals surface area contributed by atoms with Gasteiger partial charge in [-0.05, 0) is 53.8 Å². The Hall–Kier alpha value is -3.31. The largest absolute Gasteiger partial charge is 0.326 e. The predicted molar refractivity (Wildman–Crippen MR) is 134 cm³/mol. The minimum absolute atomic E-state index is 0.0878. The van der Waals surface area contributed by atoms with E-state index in [0.717, 1.165) is 70.5 Å². The summed E-state index contributed by atoms with van der Waals surface area (Å²) in [5, 5.41) is 3.66. The van der Waals surface area contributed by atoms with Crippen molar-refractivity contribution in [3.63, 3.8) is 0 Å². The molecule has 6 rings (SSSR count). The maximum absolute atomic E-state index is 12.6. The monoisotopic (exact) mass is 469 g/mol. The number of carbonyl (C=O) groups is 2. The Kier molecular flexibility index (Phi) is 5.30. The van der Waals surface area contributed by atoms with Gasteiger partial charge in [-0.1, -0.05) is 42.6 Å². The lowest BCUT2D eigenvalue weighted by Gasteiger charge is -2.12. The molecule has 3 aliphatic rings. The lowest BCUT2D eigenvalue weighted by molar-refractivity contribution is -0.119. The van der Waals surface area contributed by atoms with E-state index in [1.165, 1.54) is 0 Å². The van der Waals surface area contributed by atoms with Crippen LogP contribution >= 0.6 is 11.6 Å². The van der Waals surface area contributed by atoms with Crippen molar-refractivity contribution in [1.82, 2.24) is 4.98 Å². The van der Waals surface area contributed by atoms with Crippen molar-refractivity contribution in [3.05, 3.63) is 75.9 Å². The molecule has 1 saturated carbocycles. The molecule has 34 heavy (non-hydrogen) atoms. The van der Waals surface area contributed by atoms with Gasteiger partial charge < -0.3 is 5.32 Å². The number of benzene rings is 2. The molecule has 170 valence electrons. The number of aromatic nitrogens is 1. The van der Waals surface area contributed by atoms with Gasteiger partial charge in [-0.15, -0.1) is 0 Å². The first-order chi connectivity index (χ1) is 16.5. The zero-order valence-corrected chi connectivity index (χ0v) is 19.5. The van der Waals surface area contributed by atoms with Gasteiger partial charge in [0.15, 0.2) is 5.82 Å². The van der Waals surface area contributed by atoms with Crippen LogP contribution in [0, 0.1) is 5.92 Å². The van der Waals surface area contributed by atoms with Gasteiger partial charge in [0, 0.05) is 58.8 Å². The maximum atomic E-state index is 12.6. The van der Waals surface area contributed by atoms with Gasteiger partial charge >= 0.3 is 0 Å². The third kappa shape index (κ3) is 3.94. The van der Waals surface area contributed by atoms with Crippen LogP contribution in [-0.2, 0) is 28.9 Å². The summed E-state index contributed by atoms with van der Waals surface area (Å²) < 4.78 is 0. The first-order valence-corrected chi connectivity index (χ1v) is 12.2. The first kappa shape index (κ1) is 21.2. The summed E-state index contributed by atoms with van der Waals surface area (Å²) in [7, 11) is 0. The Bertz CT molecular complexity index is 1370. The fraction of sp³-hybridized carbons (Fsp3) is 0.286. The molecule has 2 aliphatic carbocycles. The highest BCUT2D eigenvalue weighted by Crippen LogP contribution is 2.34. The minimum atomic E-state index is 0.0878. The molecule has 1 aliphatic heterocycles. The molecule has 5 nitrogen and oxygen atoms in total. The van der Waals surface area contributed by atoms with Gasteiger partial charge in [0.2, 0.25) is 5.91 Å². The van der Waals surface area contributed by atoms with Crippen LogP contribution in [0.15, 0.2) is 53.7 Å². The van der Waals surface area contributed by atoms with Crippen molar-refractivity contribution in [2.24, 2.45) is 10.9 Å². The number of rotatable bonds is 4. The third-order valence-electron chi connectivity index (χ3n) is 7.13. The molecule has 0 bridgehead atoms. The van der Waals surface area contributed by atoms with Crippen LogP contribution in [0.4, 0.5) is 11.5 Å². The SMILES string of the molecule is O=C1Cc2ccc(-c3cnc4c(c3)CC(c3cc(NC(=O)C5CCCC5)ccc3Cl)=N4)cc2C1. The van der Waals surface area contributed by atoms with Crippen molar-refractivity contribution in [2.75, 3.05) is 5.32 Å². The smallest absolute Gasteiger partial charge is 0.227 e. The van der Waals surface area contributed by atoms with Crippen LogP contribution in [0.1, 0.15) is 47.9 Å². The van der Waals surface area contributed by atoms with Crippen LogP contribution in [0.3, 0.4) is 0 Å². The molecule has 6 heteroatoms. The van der Waals surface area contributed by atoms with E-state index in [0.29, 0.717) is 30.1 Å². The molecule has 1 fully saturated rings. The van der Waals surface area contributed by atoms with E-state index in [1.807, 2.05) is 24.4 Å². The van der Waals surface area contributed by atoms with Crippen LogP contribution in [0.2, 0.25) is 5.02 Å². The number of fused-ring (bicyclic) bond motifs is 2. The van der Waals surface area contributed by atoms with Gasteiger partial charge in [0.1, 0.15) is 5.78 Å². The fourth-order valence-electron chi connectivity index (χ4n) is 5.28. The lowest BCUT2D eigenvalue weighted by Crippen LogP contribution is -2.20. The lowest BCUT2D eigenvalue weighted by atomic mass is 9.99. The summed E-state index contributed by atoms with van der Waals surface area (Å²) in [6.45, 7) is 0. The van der Waals surface area contributed by atoms with E-state index in [1.54, 1.807) is 0 Å². The molecule has 1 N–H and O–H groups in total. The second-order valence-corrected chi connectivity index (χ2v) is 9.89. The second kappa shape index (κ2) is 8.48. The average molecular weight is 470 g/mol. The topological polar surface area (TPSA) is 71.4 Å². The van der Waals surface area contributed by atoms with Crippen molar-refractivity contribution in [1.29, 1.82) is 0 Å². The van der Waals surface area contributed by atoms with E-state index in [-0.39, 0.29) is 17.6 Å². The Balaban J connectivity index is 1.23. The molecular formula is C28H24ClN3O2. The van der Waals surface area contributed by atoms with Crippen molar-refractivity contribution < 1.29 is 9.59 Å².